The van der Waals surface area contributed by atoms with Crippen molar-refractivity contribution in [2.45, 2.75) is 0 Å². The van der Waals surface area contributed by atoms with E-state index in [9.17, 15) is 0 Å². The molecule has 0 saturated carbocycles. The molecule has 0 aliphatic rings. The molecule has 2 aromatic heterocycles. The van der Waals surface area contributed by atoms with Crippen molar-refractivity contribution in [3.8, 4) is 11.3 Å². The molecule has 3 rings (SSSR count). The van der Waals surface area contributed by atoms with E-state index in [1.165, 1.54) is 0 Å². The minimum Gasteiger partial charge on any atom is -0.372 e. The van der Waals surface area contributed by atoms with Gasteiger partial charge in [-0.25, -0.2) is 4.98 Å². The summed E-state index contributed by atoms with van der Waals surface area (Å²) in [5.74, 6) is 0.597. The fourth-order valence-corrected chi connectivity index (χ4v) is 2.61. The van der Waals surface area contributed by atoms with Crippen LogP contribution in [0.25, 0.3) is 22.2 Å². The van der Waals surface area contributed by atoms with Crippen molar-refractivity contribution in [2.75, 3.05) is 12.4 Å². The number of pyridine rings is 2. The molecule has 0 spiro atoms. The highest BCUT2D eigenvalue weighted by Crippen LogP contribution is 2.32. The Bertz CT molecular complexity index is 787. The summed E-state index contributed by atoms with van der Waals surface area (Å²) in [4.78, 5) is 8.88. The molecule has 0 aliphatic heterocycles. The van der Waals surface area contributed by atoms with Crippen LogP contribution in [-0.2, 0) is 0 Å². The van der Waals surface area contributed by atoms with Crippen LogP contribution in [-0.4, -0.2) is 17.0 Å². The summed E-state index contributed by atoms with van der Waals surface area (Å²) in [6.07, 6.45) is 1.77. The second-order valence-corrected chi connectivity index (χ2v) is 5.13. The third-order valence-electron chi connectivity index (χ3n) is 3.03. The fourth-order valence-electron chi connectivity index (χ4n) is 2.04. The van der Waals surface area contributed by atoms with Crippen LogP contribution in [0, 0.1) is 0 Å². The van der Waals surface area contributed by atoms with Crippen LogP contribution in [0.2, 0.25) is 10.0 Å². The van der Waals surface area contributed by atoms with Gasteiger partial charge in [-0.2, -0.15) is 0 Å². The van der Waals surface area contributed by atoms with Crippen LogP contribution in [0.15, 0.2) is 42.6 Å². The SMILES string of the molecule is CNc1nc(-c2cnc3ccccc3c2)c(Cl)cc1Cl. The fraction of sp³-hybridized carbons (Fsp3) is 0.0667. The second kappa shape index (κ2) is 5.27. The van der Waals surface area contributed by atoms with Crippen LogP contribution in [0.1, 0.15) is 0 Å². The van der Waals surface area contributed by atoms with E-state index in [0.29, 0.717) is 21.6 Å². The van der Waals surface area contributed by atoms with E-state index < -0.39 is 0 Å². The zero-order chi connectivity index (χ0) is 14.1. The number of nitrogens with one attached hydrogen (secondary N) is 1. The van der Waals surface area contributed by atoms with Gasteiger partial charge in [-0.1, -0.05) is 41.4 Å². The second-order valence-electron chi connectivity index (χ2n) is 4.32. The first-order chi connectivity index (χ1) is 9.69. The summed E-state index contributed by atoms with van der Waals surface area (Å²) in [6.45, 7) is 0. The smallest absolute Gasteiger partial charge is 0.145 e. The van der Waals surface area contributed by atoms with E-state index in [1.54, 1.807) is 19.3 Å². The van der Waals surface area contributed by atoms with Crippen molar-refractivity contribution in [3.05, 3.63) is 52.6 Å². The molecule has 0 aliphatic carbocycles. The van der Waals surface area contributed by atoms with Crippen LogP contribution in [0.3, 0.4) is 0 Å². The maximum absolute atomic E-state index is 6.24. The van der Waals surface area contributed by atoms with Crippen LogP contribution in [0.5, 0.6) is 0 Å². The van der Waals surface area contributed by atoms with Crippen molar-refractivity contribution in [1.29, 1.82) is 0 Å². The van der Waals surface area contributed by atoms with Crippen molar-refractivity contribution in [1.82, 2.24) is 9.97 Å². The van der Waals surface area contributed by atoms with Crippen molar-refractivity contribution in [2.24, 2.45) is 0 Å². The van der Waals surface area contributed by atoms with Gasteiger partial charge in [0.05, 0.1) is 21.3 Å². The molecule has 100 valence electrons. The van der Waals surface area contributed by atoms with Gasteiger partial charge in [-0.05, 0) is 18.2 Å². The molecule has 0 unspecified atom stereocenters. The maximum atomic E-state index is 6.24. The van der Waals surface area contributed by atoms with Gasteiger partial charge in [0.25, 0.3) is 0 Å². The lowest BCUT2D eigenvalue weighted by Crippen LogP contribution is -1.96. The number of hydrogen-bond acceptors (Lipinski definition) is 3. The van der Waals surface area contributed by atoms with Crippen LogP contribution < -0.4 is 5.32 Å². The minimum absolute atomic E-state index is 0.495. The van der Waals surface area contributed by atoms with Gasteiger partial charge in [0.15, 0.2) is 0 Å². The van der Waals surface area contributed by atoms with Crippen LogP contribution >= 0.6 is 23.2 Å². The molecular formula is C15H11Cl2N3. The Labute approximate surface area is 126 Å². The Morgan fingerprint density at radius 2 is 1.85 bits per heavy atom. The summed E-state index contributed by atoms with van der Waals surface area (Å²) < 4.78 is 0. The number of hydrogen-bond donors (Lipinski definition) is 1. The largest absolute Gasteiger partial charge is 0.372 e. The lowest BCUT2D eigenvalue weighted by Gasteiger charge is -2.09. The first-order valence-corrected chi connectivity index (χ1v) is 6.83. The van der Waals surface area contributed by atoms with E-state index in [0.717, 1.165) is 16.5 Å². The van der Waals surface area contributed by atoms with E-state index in [1.807, 2.05) is 30.3 Å². The first kappa shape index (κ1) is 13.2. The highest BCUT2D eigenvalue weighted by Gasteiger charge is 2.11. The molecule has 3 nitrogen and oxygen atoms in total. The molecule has 0 radical (unpaired) electrons. The Hall–Kier alpha value is -1.84. The average molecular weight is 304 g/mol. The monoisotopic (exact) mass is 303 g/mol. The van der Waals surface area contributed by atoms with E-state index in [2.05, 4.69) is 15.3 Å². The zero-order valence-electron chi connectivity index (χ0n) is 10.7. The summed E-state index contributed by atoms with van der Waals surface area (Å²) >= 11 is 12.3. The third kappa shape index (κ3) is 2.30. The predicted octanol–water partition coefficient (Wildman–Crippen LogP) is 4.65. The molecule has 0 fully saturated rings. The number of para-hydroxylation sites is 1. The van der Waals surface area contributed by atoms with E-state index in [4.69, 9.17) is 23.2 Å². The Morgan fingerprint density at radius 3 is 2.65 bits per heavy atom. The number of benzene rings is 1. The zero-order valence-corrected chi connectivity index (χ0v) is 12.2. The quantitative estimate of drug-likeness (QED) is 0.749. The number of halogens is 2. The Balaban J connectivity index is 2.19. The van der Waals surface area contributed by atoms with E-state index in [-0.39, 0.29) is 0 Å². The van der Waals surface area contributed by atoms with Gasteiger partial charge in [0, 0.05) is 24.2 Å². The summed E-state index contributed by atoms with van der Waals surface area (Å²) in [5.41, 5.74) is 2.47. The molecular weight excluding hydrogens is 293 g/mol. The third-order valence-corrected chi connectivity index (χ3v) is 3.61. The molecule has 0 bridgehead atoms. The minimum atomic E-state index is 0.495. The standard InChI is InChI=1S/C15H11Cl2N3/c1-18-15-12(17)7-11(16)14(20-15)10-6-9-4-2-3-5-13(9)19-8-10/h2-8H,1H3,(H,18,20). The maximum Gasteiger partial charge on any atom is 0.145 e. The molecule has 2 heterocycles. The van der Waals surface area contributed by atoms with Gasteiger partial charge in [-0.3, -0.25) is 4.98 Å². The molecule has 20 heavy (non-hydrogen) atoms. The van der Waals surface area contributed by atoms with Crippen LogP contribution in [0.4, 0.5) is 5.82 Å². The highest BCUT2D eigenvalue weighted by molar-refractivity contribution is 6.37. The topological polar surface area (TPSA) is 37.8 Å². The summed E-state index contributed by atoms with van der Waals surface area (Å²) in [7, 11) is 1.77. The van der Waals surface area contributed by atoms with Gasteiger partial charge in [-0.15, -0.1) is 0 Å². The van der Waals surface area contributed by atoms with E-state index >= 15 is 0 Å². The van der Waals surface area contributed by atoms with Gasteiger partial charge in [0.2, 0.25) is 0 Å². The van der Waals surface area contributed by atoms with Gasteiger partial charge in [0.1, 0.15) is 5.82 Å². The highest BCUT2D eigenvalue weighted by atomic mass is 35.5. The summed E-state index contributed by atoms with van der Waals surface area (Å²) in [5, 5.41) is 4.99. The summed E-state index contributed by atoms with van der Waals surface area (Å²) in [6, 6.07) is 11.6. The Morgan fingerprint density at radius 1 is 1.05 bits per heavy atom. The number of rotatable bonds is 2. The lowest BCUT2D eigenvalue weighted by atomic mass is 10.1. The Kier molecular flexibility index (Phi) is 3.47. The normalized spacial score (nSPS) is 10.8. The molecule has 0 atom stereocenters. The number of fused-ring (bicyclic) bond motifs is 1. The molecule has 0 amide bonds. The number of nitrogens with zero attached hydrogens (tertiary/aromatic N) is 2. The van der Waals surface area contributed by atoms with Crippen molar-refractivity contribution in [3.63, 3.8) is 0 Å². The molecule has 1 aromatic carbocycles. The molecule has 3 aromatic rings. The number of aromatic nitrogens is 2. The van der Waals surface area contributed by atoms with Crippen molar-refractivity contribution >= 4 is 39.9 Å². The van der Waals surface area contributed by atoms with Gasteiger partial charge < -0.3 is 5.32 Å². The molecule has 5 heteroatoms. The number of anilines is 1. The average Bonchev–Trinajstić information content (AvgIpc) is 2.47. The van der Waals surface area contributed by atoms with Crippen molar-refractivity contribution < 1.29 is 0 Å². The predicted molar refractivity (Wildman–Crippen MR) is 84.5 cm³/mol. The lowest BCUT2D eigenvalue weighted by molar-refractivity contribution is 1.28. The first-order valence-electron chi connectivity index (χ1n) is 6.08. The molecule has 1 N–H and O–H groups in total. The van der Waals surface area contributed by atoms with Gasteiger partial charge >= 0.3 is 0 Å². The molecule has 0 saturated heterocycles.